The van der Waals surface area contributed by atoms with Crippen LogP contribution in [0.1, 0.15) is 48.0 Å². The second-order valence-corrected chi connectivity index (χ2v) is 5.37. The quantitative estimate of drug-likeness (QED) is 0.398. The van der Waals surface area contributed by atoms with Gasteiger partial charge in [-0.15, -0.1) is 0 Å². The molecule has 2 heteroatoms. The van der Waals surface area contributed by atoms with Gasteiger partial charge in [-0.2, -0.15) is 13.8 Å². The first-order chi connectivity index (χ1) is 6.31. The third-order valence-electron chi connectivity index (χ3n) is 1.71. The molecule has 0 amide bonds. The van der Waals surface area contributed by atoms with Gasteiger partial charge < -0.3 is 4.74 Å². The topological polar surface area (TPSA) is 9.23 Å². The zero-order valence-electron chi connectivity index (χ0n) is 11.0. The average Bonchev–Trinajstić information content (AvgIpc) is 1.94. The predicted molar refractivity (Wildman–Crippen MR) is 63.2 cm³/mol. The molecule has 0 aliphatic rings. The van der Waals surface area contributed by atoms with Crippen molar-refractivity contribution in [2.45, 2.75) is 48.0 Å². The van der Waals surface area contributed by atoms with Crippen LogP contribution in [-0.2, 0) is 25.8 Å². The summed E-state index contributed by atoms with van der Waals surface area (Å²) in [6.45, 7) is 14.7. The van der Waals surface area contributed by atoms with Crippen LogP contribution in [-0.4, -0.2) is 13.2 Å². The monoisotopic (exact) mass is 381 g/mol. The van der Waals surface area contributed by atoms with Crippen molar-refractivity contribution in [2.24, 2.45) is 5.41 Å². The van der Waals surface area contributed by atoms with Crippen LogP contribution in [0.5, 0.6) is 0 Å². The van der Waals surface area contributed by atoms with Crippen LogP contribution >= 0.6 is 0 Å². The maximum Gasteiger partial charge on any atom is 0.0467 e. The molecule has 0 aliphatic carbocycles. The molecule has 0 aromatic heterocycles. The van der Waals surface area contributed by atoms with Crippen molar-refractivity contribution >= 4 is 0 Å². The smallest absolute Gasteiger partial charge is 0.0467 e. The van der Waals surface area contributed by atoms with Gasteiger partial charge in [0.1, 0.15) is 0 Å². The fraction of sp³-hybridized carbons (Fsp3) is 0.769. The van der Waals surface area contributed by atoms with E-state index in [0.717, 1.165) is 19.6 Å². The Morgan fingerprint density at radius 3 is 2.20 bits per heavy atom. The minimum atomic E-state index is 0. The molecule has 1 nitrogen and oxygen atoms in total. The summed E-state index contributed by atoms with van der Waals surface area (Å²) in [7, 11) is 0. The summed E-state index contributed by atoms with van der Waals surface area (Å²) in [4.78, 5) is 0. The zero-order chi connectivity index (χ0) is 11.2. The molecule has 0 aromatic rings. The van der Waals surface area contributed by atoms with Crippen molar-refractivity contribution in [1.29, 1.82) is 0 Å². The van der Waals surface area contributed by atoms with Gasteiger partial charge in [-0.1, -0.05) is 39.0 Å². The van der Waals surface area contributed by atoms with Gasteiger partial charge in [0, 0.05) is 27.7 Å². The molecule has 0 rings (SSSR count). The molecule has 0 saturated carbocycles. The first kappa shape index (κ1) is 17.8. The Morgan fingerprint density at radius 2 is 1.80 bits per heavy atom. The third kappa shape index (κ3) is 14.4. The average molecular weight is 381 g/mol. The number of allylic oxidation sites excluding steroid dienone is 1. The van der Waals surface area contributed by atoms with Gasteiger partial charge in [-0.25, -0.2) is 0 Å². The molecule has 90 valence electrons. The van der Waals surface area contributed by atoms with Crippen molar-refractivity contribution < 1.29 is 25.8 Å². The SMILES string of the molecule is C/C(=C/C(C)(C)C)CCOC[C-](C)C.[W]. The first-order valence-electron chi connectivity index (χ1n) is 5.36. The summed E-state index contributed by atoms with van der Waals surface area (Å²) >= 11 is 0. The number of hydrogen-bond acceptors (Lipinski definition) is 1. The van der Waals surface area contributed by atoms with Crippen molar-refractivity contribution in [2.75, 3.05) is 13.2 Å². The van der Waals surface area contributed by atoms with Crippen molar-refractivity contribution in [3.05, 3.63) is 17.6 Å². The summed E-state index contributed by atoms with van der Waals surface area (Å²) in [5.41, 5.74) is 1.71. The Labute approximate surface area is 110 Å². The molecule has 0 atom stereocenters. The van der Waals surface area contributed by atoms with Crippen LogP contribution in [0, 0.1) is 11.3 Å². The molecular weight excluding hydrogens is 356 g/mol. The van der Waals surface area contributed by atoms with Gasteiger partial charge in [0.05, 0.1) is 0 Å². The third-order valence-corrected chi connectivity index (χ3v) is 1.71. The molecular formula is C13H25OW-. The molecule has 0 unspecified atom stereocenters. The summed E-state index contributed by atoms with van der Waals surface area (Å²) in [6, 6.07) is 0. The summed E-state index contributed by atoms with van der Waals surface area (Å²) in [5.74, 6) is 1.34. The van der Waals surface area contributed by atoms with Gasteiger partial charge in [0.15, 0.2) is 0 Å². The molecule has 15 heavy (non-hydrogen) atoms. The summed E-state index contributed by atoms with van der Waals surface area (Å²) in [5, 5.41) is 0. The molecule has 0 heterocycles. The summed E-state index contributed by atoms with van der Waals surface area (Å²) < 4.78 is 5.50. The Balaban J connectivity index is 0. The fourth-order valence-electron chi connectivity index (χ4n) is 1.32. The molecule has 0 bridgehead atoms. The van der Waals surface area contributed by atoms with E-state index in [9.17, 15) is 0 Å². The van der Waals surface area contributed by atoms with Gasteiger partial charge in [0.2, 0.25) is 0 Å². The van der Waals surface area contributed by atoms with Crippen LogP contribution in [0.2, 0.25) is 0 Å². The van der Waals surface area contributed by atoms with Gasteiger partial charge in [-0.05, 0) is 18.8 Å². The largest absolute Gasteiger partial charge is 0.413 e. The van der Waals surface area contributed by atoms with Gasteiger partial charge in [-0.3, -0.25) is 5.92 Å². The number of rotatable bonds is 5. The molecule has 0 N–H and O–H groups in total. The van der Waals surface area contributed by atoms with E-state index in [1.807, 2.05) is 0 Å². The van der Waals surface area contributed by atoms with E-state index in [2.05, 4.69) is 47.6 Å². The van der Waals surface area contributed by atoms with E-state index >= 15 is 0 Å². The Morgan fingerprint density at radius 1 is 1.27 bits per heavy atom. The fourth-order valence-corrected chi connectivity index (χ4v) is 1.32. The maximum atomic E-state index is 5.50. The Kier molecular flexibility index (Phi) is 10.1. The van der Waals surface area contributed by atoms with E-state index in [1.165, 1.54) is 11.5 Å². The van der Waals surface area contributed by atoms with Crippen LogP contribution in [0.3, 0.4) is 0 Å². The minimum Gasteiger partial charge on any atom is -0.413 e. The number of hydrogen-bond donors (Lipinski definition) is 0. The van der Waals surface area contributed by atoms with Crippen molar-refractivity contribution in [3.8, 4) is 0 Å². The first-order valence-corrected chi connectivity index (χ1v) is 5.36. The van der Waals surface area contributed by atoms with Gasteiger partial charge in [0.25, 0.3) is 0 Å². The standard InChI is InChI=1S/C13H25O.W/c1-11(2)10-14-8-7-12(3)9-13(4,5)6;/h9H,7-8,10H2,1-6H3;/q-1;/b12-9-;. The number of ether oxygens (including phenoxy) is 1. The normalized spacial score (nSPS) is 12.9. The zero-order valence-corrected chi connectivity index (χ0v) is 13.9. The summed E-state index contributed by atoms with van der Waals surface area (Å²) in [6.07, 6.45) is 3.36. The van der Waals surface area contributed by atoms with E-state index < -0.39 is 0 Å². The molecule has 0 fully saturated rings. The van der Waals surface area contributed by atoms with Crippen LogP contribution in [0.25, 0.3) is 0 Å². The van der Waals surface area contributed by atoms with E-state index in [0.29, 0.717) is 0 Å². The molecule has 0 aliphatic heterocycles. The molecule has 0 radical (unpaired) electrons. The van der Waals surface area contributed by atoms with E-state index in [4.69, 9.17) is 4.74 Å². The minimum absolute atomic E-state index is 0. The van der Waals surface area contributed by atoms with Crippen LogP contribution in [0.4, 0.5) is 0 Å². The molecule has 0 saturated heterocycles. The molecule has 0 spiro atoms. The van der Waals surface area contributed by atoms with Crippen molar-refractivity contribution in [3.63, 3.8) is 0 Å². The predicted octanol–water partition coefficient (Wildman–Crippen LogP) is 4.00. The maximum absolute atomic E-state index is 5.50. The Hall–Kier alpha value is 0.388. The van der Waals surface area contributed by atoms with E-state index in [-0.39, 0.29) is 26.5 Å². The second-order valence-electron chi connectivity index (χ2n) is 5.37. The van der Waals surface area contributed by atoms with Crippen molar-refractivity contribution in [1.82, 2.24) is 0 Å². The van der Waals surface area contributed by atoms with Crippen LogP contribution < -0.4 is 0 Å². The molecule has 0 aromatic carbocycles. The second kappa shape index (κ2) is 8.53. The Bertz CT molecular complexity index is 177. The van der Waals surface area contributed by atoms with E-state index in [1.54, 1.807) is 0 Å². The van der Waals surface area contributed by atoms with Crippen LogP contribution in [0.15, 0.2) is 11.6 Å². The van der Waals surface area contributed by atoms with Gasteiger partial charge >= 0.3 is 0 Å².